The second-order valence-corrected chi connectivity index (χ2v) is 7.85. The molecule has 0 aliphatic carbocycles. The monoisotopic (exact) mass is 451 g/mol. The Morgan fingerprint density at radius 2 is 1.82 bits per heavy atom. The molecule has 8 nitrogen and oxygen atoms in total. The molecule has 0 bridgehead atoms. The molecule has 0 unspecified atom stereocenters. The second-order valence-electron chi connectivity index (χ2n) is 7.85. The van der Waals surface area contributed by atoms with E-state index < -0.39 is 17.9 Å². The lowest BCUT2D eigenvalue weighted by Crippen LogP contribution is -2.51. The molecule has 8 heteroatoms. The van der Waals surface area contributed by atoms with Crippen molar-refractivity contribution in [2.24, 2.45) is 5.92 Å². The van der Waals surface area contributed by atoms with Gasteiger partial charge in [0.1, 0.15) is 5.75 Å². The highest BCUT2D eigenvalue weighted by molar-refractivity contribution is 6.08. The second kappa shape index (κ2) is 10.0. The molecule has 0 saturated carbocycles. The van der Waals surface area contributed by atoms with Gasteiger partial charge in [-0.05, 0) is 43.2 Å². The van der Waals surface area contributed by atoms with Crippen molar-refractivity contribution >= 4 is 28.9 Å². The van der Waals surface area contributed by atoms with Crippen LogP contribution in [-0.2, 0) is 19.1 Å². The van der Waals surface area contributed by atoms with Crippen molar-refractivity contribution in [1.29, 1.82) is 0 Å². The first-order chi connectivity index (χ1) is 16.1. The third-order valence-corrected chi connectivity index (χ3v) is 5.70. The first-order valence-electron chi connectivity index (χ1n) is 11.3. The van der Waals surface area contributed by atoms with Crippen LogP contribution in [0.3, 0.4) is 0 Å². The van der Waals surface area contributed by atoms with Crippen LogP contribution in [0.5, 0.6) is 5.75 Å². The Labute approximate surface area is 193 Å². The average Bonchev–Trinajstić information content (AvgIpc) is 3.21. The summed E-state index contributed by atoms with van der Waals surface area (Å²) in [4.78, 5) is 33.1. The van der Waals surface area contributed by atoms with Crippen LogP contribution in [-0.4, -0.2) is 54.9 Å². The van der Waals surface area contributed by atoms with E-state index in [-0.39, 0.29) is 19.1 Å². The summed E-state index contributed by atoms with van der Waals surface area (Å²) in [6, 6.07) is 14.6. The molecule has 174 valence electrons. The zero-order valence-electron chi connectivity index (χ0n) is 19.2. The highest BCUT2D eigenvalue weighted by atomic mass is 16.5. The van der Waals surface area contributed by atoms with Crippen LogP contribution >= 0.6 is 0 Å². The summed E-state index contributed by atoms with van der Waals surface area (Å²) in [7, 11) is 1.57. The van der Waals surface area contributed by atoms with E-state index in [4.69, 9.17) is 19.2 Å². The predicted octanol–water partition coefficient (Wildman–Crippen LogP) is 3.59. The summed E-state index contributed by atoms with van der Waals surface area (Å²) in [5.74, 6) is -0.702. The Bertz CT molecular complexity index is 1120. The zero-order chi connectivity index (χ0) is 23.4. The molecular formula is C25H29N3O5. The van der Waals surface area contributed by atoms with Crippen LogP contribution in [0.25, 0.3) is 11.0 Å². The summed E-state index contributed by atoms with van der Waals surface area (Å²) in [5, 5.41) is 0. The number of carbonyl (C=O) groups excluding carboxylic acids is 2. The Morgan fingerprint density at radius 1 is 1.06 bits per heavy atom. The van der Waals surface area contributed by atoms with E-state index >= 15 is 0 Å². The average molecular weight is 452 g/mol. The van der Waals surface area contributed by atoms with E-state index in [0.717, 1.165) is 28.8 Å². The number of rotatable bonds is 9. The number of hydrogen-bond acceptors (Lipinski definition) is 6. The number of anilines is 1. The number of benzene rings is 2. The molecule has 0 radical (unpaired) electrons. The van der Waals surface area contributed by atoms with Crippen molar-refractivity contribution in [3.63, 3.8) is 0 Å². The first-order valence-corrected chi connectivity index (χ1v) is 11.3. The molecule has 0 saturated heterocycles. The molecular weight excluding hydrogens is 422 g/mol. The van der Waals surface area contributed by atoms with E-state index in [9.17, 15) is 9.59 Å². The molecule has 1 amide bonds. The molecule has 2 atom stereocenters. The lowest BCUT2D eigenvalue weighted by atomic mass is 9.89. The van der Waals surface area contributed by atoms with E-state index in [2.05, 4.69) is 0 Å². The highest BCUT2D eigenvalue weighted by Gasteiger charge is 2.47. The van der Waals surface area contributed by atoms with Gasteiger partial charge in [0.15, 0.2) is 5.92 Å². The maximum atomic E-state index is 13.7. The molecule has 4 rings (SSSR count). The molecule has 1 aliphatic rings. The van der Waals surface area contributed by atoms with Crippen molar-refractivity contribution in [2.45, 2.75) is 26.3 Å². The van der Waals surface area contributed by atoms with Crippen LogP contribution < -0.4 is 9.64 Å². The fraction of sp³-hybridized carbons (Fsp3) is 0.400. The SMILES string of the molecule is CCCOc1ccc([C@H]2[C@H](C(=O)OCC)C(=O)N(CCOC)c3nc4ccccc4n32)cc1. The van der Waals surface area contributed by atoms with Gasteiger partial charge in [0.05, 0.1) is 43.4 Å². The molecule has 2 aromatic carbocycles. The number of para-hydroxylation sites is 2. The number of imidazole rings is 1. The molecule has 2 heterocycles. The number of aromatic nitrogens is 2. The van der Waals surface area contributed by atoms with E-state index in [1.165, 1.54) is 4.90 Å². The molecule has 1 aliphatic heterocycles. The quantitative estimate of drug-likeness (QED) is 0.365. The predicted molar refractivity (Wildman–Crippen MR) is 124 cm³/mol. The van der Waals surface area contributed by atoms with Crippen molar-refractivity contribution in [3.05, 3.63) is 54.1 Å². The third-order valence-electron chi connectivity index (χ3n) is 5.70. The smallest absolute Gasteiger partial charge is 0.321 e. The van der Waals surface area contributed by atoms with Crippen LogP contribution in [0.15, 0.2) is 48.5 Å². The minimum atomic E-state index is -1.05. The molecule has 33 heavy (non-hydrogen) atoms. The van der Waals surface area contributed by atoms with E-state index in [1.807, 2.05) is 60.0 Å². The number of amides is 1. The number of ether oxygens (including phenoxy) is 3. The fourth-order valence-electron chi connectivity index (χ4n) is 4.22. The van der Waals surface area contributed by atoms with Gasteiger partial charge in [0.25, 0.3) is 0 Å². The minimum Gasteiger partial charge on any atom is -0.494 e. The Hall–Kier alpha value is -3.39. The number of nitrogens with zero attached hydrogens (tertiary/aromatic N) is 3. The summed E-state index contributed by atoms with van der Waals surface area (Å²) in [6.45, 7) is 5.20. The molecule has 0 spiro atoms. The number of esters is 1. The molecule has 0 fully saturated rings. The molecule has 0 N–H and O–H groups in total. The maximum Gasteiger partial charge on any atom is 0.321 e. The Balaban J connectivity index is 1.88. The number of carbonyl (C=O) groups is 2. The van der Waals surface area contributed by atoms with Crippen LogP contribution in [0.1, 0.15) is 31.9 Å². The summed E-state index contributed by atoms with van der Waals surface area (Å²) in [5.41, 5.74) is 2.40. The van der Waals surface area contributed by atoms with Crippen molar-refractivity contribution < 1.29 is 23.8 Å². The Kier molecular flexibility index (Phi) is 6.93. The zero-order valence-corrected chi connectivity index (χ0v) is 19.2. The van der Waals surface area contributed by atoms with Crippen LogP contribution in [0.2, 0.25) is 0 Å². The minimum absolute atomic E-state index is 0.189. The van der Waals surface area contributed by atoms with Crippen LogP contribution in [0, 0.1) is 5.92 Å². The normalized spacial score (nSPS) is 17.8. The van der Waals surface area contributed by atoms with Crippen molar-refractivity contribution in [1.82, 2.24) is 9.55 Å². The van der Waals surface area contributed by atoms with Gasteiger partial charge in [-0.1, -0.05) is 31.2 Å². The number of hydrogen-bond donors (Lipinski definition) is 0. The fourth-order valence-corrected chi connectivity index (χ4v) is 4.22. The molecule has 1 aromatic heterocycles. The van der Waals surface area contributed by atoms with Gasteiger partial charge in [-0.25, -0.2) is 4.98 Å². The van der Waals surface area contributed by atoms with Gasteiger partial charge in [0, 0.05) is 7.11 Å². The summed E-state index contributed by atoms with van der Waals surface area (Å²) < 4.78 is 18.3. The van der Waals surface area contributed by atoms with Gasteiger partial charge in [-0.2, -0.15) is 0 Å². The highest BCUT2D eigenvalue weighted by Crippen LogP contribution is 2.41. The van der Waals surface area contributed by atoms with Crippen molar-refractivity contribution in [2.75, 3.05) is 38.4 Å². The number of fused-ring (bicyclic) bond motifs is 3. The topological polar surface area (TPSA) is 82.9 Å². The van der Waals surface area contributed by atoms with Gasteiger partial charge < -0.3 is 18.8 Å². The largest absolute Gasteiger partial charge is 0.494 e. The van der Waals surface area contributed by atoms with Crippen molar-refractivity contribution in [3.8, 4) is 5.75 Å². The third kappa shape index (κ3) is 4.30. The van der Waals surface area contributed by atoms with Crippen LogP contribution in [0.4, 0.5) is 5.95 Å². The van der Waals surface area contributed by atoms with E-state index in [0.29, 0.717) is 19.2 Å². The van der Waals surface area contributed by atoms with Gasteiger partial charge in [-0.3, -0.25) is 14.5 Å². The summed E-state index contributed by atoms with van der Waals surface area (Å²) >= 11 is 0. The number of methoxy groups -OCH3 is 1. The van der Waals surface area contributed by atoms with E-state index in [1.54, 1.807) is 14.0 Å². The lowest BCUT2D eigenvalue weighted by Gasteiger charge is -2.37. The first kappa shape index (κ1) is 22.8. The molecule has 3 aromatic rings. The Morgan fingerprint density at radius 3 is 2.52 bits per heavy atom. The maximum absolute atomic E-state index is 13.7. The van der Waals surface area contributed by atoms with Gasteiger partial charge in [0.2, 0.25) is 11.9 Å². The van der Waals surface area contributed by atoms with Gasteiger partial charge >= 0.3 is 5.97 Å². The lowest BCUT2D eigenvalue weighted by molar-refractivity contribution is -0.153. The summed E-state index contributed by atoms with van der Waals surface area (Å²) in [6.07, 6.45) is 0.908. The van der Waals surface area contributed by atoms with Gasteiger partial charge in [-0.15, -0.1) is 0 Å². The standard InChI is InChI=1S/C25H29N3O5/c1-4-15-33-18-12-10-17(11-13-18)22-21(24(30)32-5-2)23(29)27(14-16-31-3)25-26-19-8-6-7-9-20(19)28(22)25/h6-13,21-22H,4-5,14-16H2,1-3H3/t21-,22-/m0/s1.